The van der Waals surface area contributed by atoms with Gasteiger partial charge in [-0.25, -0.2) is 10.4 Å². The van der Waals surface area contributed by atoms with Crippen molar-refractivity contribution in [1.29, 1.82) is 0 Å². The van der Waals surface area contributed by atoms with Gasteiger partial charge < -0.3 is 9.47 Å². The lowest BCUT2D eigenvalue weighted by atomic mass is 10.2. The van der Waals surface area contributed by atoms with E-state index in [1.54, 1.807) is 10.6 Å². The summed E-state index contributed by atoms with van der Waals surface area (Å²) in [5.74, 6) is 1.04. The van der Waals surface area contributed by atoms with Gasteiger partial charge in [0.2, 0.25) is 0 Å². The van der Waals surface area contributed by atoms with Crippen LogP contribution < -0.4 is 14.9 Å². The molecule has 0 aliphatic rings. The smallest absolute Gasteiger partial charge is 0.290 e. The third kappa shape index (κ3) is 4.74. The predicted octanol–water partition coefficient (Wildman–Crippen LogP) is 3.90. The van der Waals surface area contributed by atoms with Crippen molar-refractivity contribution in [1.82, 2.24) is 14.8 Å². The zero-order valence-corrected chi connectivity index (χ0v) is 17.2. The fourth-order valence-electron chi connectivity index (χ4n) is 2.97. The van der Waals surface area contributed by atoms with Gasteiger partial charge in [0, 0.05) is 6.20 Å². The summed E-state index contributed by atoms with van der Waals surface area (Å²) in [6, 6.07) is 9.41. The maximum Gasteiger partial charge on any atom is 0.290 e. The molecule has 7 heteroatoms. The number of nitrogens with zero attached hydrogens (tertiary/aromatic N) is 3. The second-order valence-electron chi connectivity index (χ2n) is 6.67. The Morgan fingerprint density at radius 1 is 1.17 bits per heavy atom. The van der Waals surface area contributed by atoms with Gasteiger partial charge >= 0.3 is 0 Å². The first-order valence-electron chi connectivity index (χ1n) is 9.71. The Labute approximate surface area is 170 Å². The molecule has 0 bridgehead atoms. The van der Waals surface area contributed by atoms with E-state index in [9.17, 15) is 4.79 Å². The highest BCUT2D eigenvalue weighted by atomic mass is 16.5. The molecule has 0 radical (unpaired) electrons. The molecule has 0 unspecified atom stereocenters. The van der Waals surface area contributed by atoms with Crippen LogP contribution in [0.3, 0.4) is 0 Å². The number of hydrogen-bond acceptors (Lipinski definition) is 5. The zero-order chi connectivity index (χ0) is 20.8. The second-order valence-corrected chi connectivity index (χ2v) is 6.67. The van der Waals surface area contributed by atoms with Gasteiger partial charge in [-0.2, -0.15) is 5.10 Å². The lowest BCUT2D eigenvalue weighted by Gasteiger charge is -2.11. The maximum absolute atomic E-state index is 12.7. The molecule has 3 rings (SSSR count). The van der Waals surface area contributed by atoms with Crippen LogP contribution in [0.4, 0.5) is 0 Å². The average molecular weight is 394 g/mol. The molecule has 0 fully saturated rings. The Balaban J connectivity index is 1.76. The molecule has 0 saturated carbocycles. The Morgan fingerprint density at radius 3 is 2.76 bits per heavy atom. The van der Waals surface area contributed by atoms with Crippen LogP contribution >= 0.6 is 0 Å². The average Bonchev–Trinajstić information content (AvgIpc) is 3.02. The molecule has 152 valence electrons. The summed E-state index contributed by atoms with van der Waals surface area (Å²) in [4.78, 5) is 17.1. The number of nitrogens with one attached hydrogen (secondary N) is 1. The summed E-state index contributed by atoms with van der Waals surface area (Å²) < 4.78 is 13.1. The number of amides is 1. The van der Waals surface area contributed by atoms with Crippen LogP contribution in [0, 0.1) is 13.8 Å². The van der Waals surface area contributed by atoms with Crippen molar-refractivity contribution in [2.45, 2.75) is 34.1 Å². The number of hydrazone groups is 1. The first kappa shape index (κ1) is 20.4. The highest BCUT2D eigenvalue weighted by Crippen LogP contribution is 2.28. The minimum atomic E-state index is -0.315. The predicted molar refractivity (Wildman–Crippen MR) is 113 cm³/mol. The number of carbonyl (C=O) groups excluding carboxylic acids is 1. The van der Waals surface area contributed by atoms with Crippen molar-refractivity contribution in [2.75, 3.05) is 13.2 Å². The molecule has 0 atom stereocenters. The van der Waals surface area contributed by atoms with Crippen LogP contribution in [0.5, 0.6) is 11.5 Å². The number of carbonyl (C=O) groups is 1. The summed E-state index contributed by atoms with van der Waals surface area (Å²) >= 11 is 0. The SMILES string of the molecule is CCCOc1ccc(/C=N\NC(=O)c2c(C)nc3ccc(C)cn23)cc1OCC. The van der Waals surface area contributed by atoms with Gasteiger partial charge in [-0.05, 0) is 62.6 Å². The Kier molecular flexibility index (Phi) is 6.49. The standard InChI is InChI=1S/C22H26N4O3/c1-5-11-29-18-9-8-17(12-19(18)28-6-2)13-23-25-22(27)21-16(4)24-20-10-7-15(3)14-26(20)21/h7-10,12-14H,5-6,11H2,1-4H3,(H,25,27)/b23-13-. The highest BCUT2D eigenvalue weighted by Gasteiger charge is 2.16. The van der Waals surface area contributed by atoms with E-state index in [4.69, 9.17) is 9.47 Å². The number of fused-ring (bicyclic) bond motifs is 1. The van der Waals surface area contributed by atoms with E-state index in [2.05, 4.69) is 22.4 Å². The molecule has 0 saturated heterocycles. The van der Waals surface area contributed by atoms with Crippen LogP contribution in [0.1, 0.15) is 47.6 Å². The first-order valence-corrected chi connectivity index (χ1v) is 9.71. The van der Waals surface area contributed by atoms with Crippen molar-refractivity contribution < 1.29 is 14.3 Å². The minimum absolute atomic E-state index is 0.315. The van der Waals surface area contributed by atoms with E-state index in [-0.39, 0.29) is 5.91 Å². The number of imidazole rings is 1. The van der Waals surface area contributed by atoms with Crippen molar-refractivity contribution in [3.05, 3.63) is 59.0 Å². The number of ether oxygens (including phenoxy) is 2. The van der Waals surface area contributed by atoms with Crippen LogP contribution in [0.15, 0.2) is 41.6 Å². The molecule has 2 heterocycles. The number of rotatable bonds is 8. The van der Waals surface area contributed by atoms with E-state index in [0.717, 1.165) is 23.2 Å². The number of aromatic nitrogens is 2. The third-order valence-corrected chi connectivity index (χ3v) is 4.26. The molecular weight excluding hydrogens is 368 g/mol. The first-order chi connectivity index (χ1) is 14.0. The van der Waals surface area contributed by atoms with Crippen molar-refractivity contribution in [3.63, 3.8) is 0 Å². The molecule has 1 N–H and O–H groups in total. The minimum Gasteiger partial charge on any atom is -0.490 e. The van der Waals surface area contributed by atoms with Gasteiger partial charge in [-0.1, -0.05) is 13.0 Å². The summed E-state index contributed by atoms with van der Waals surface area (Å²) in [7, 11) is 0. The Morgan fingerprint density at radius 2 is 2.00 bits per heavy atom. The van der Waals surface area contributed by atoms with Gasteiger partial charge in [-0.3, -0.25) is 9.20 Å². The molecule has 1 amide bonds. The van der Waals surface area contributed by atoms with Crippen molar-refractivity contribution in [2.24, 2.45) is 5.10 Å². The largest absolute Gasteiger partial charge is 0.490 e. The van der Waals surface area contributed by atoms with Crippen molar-refractivity contribution >= 4 is 17.8 Å². The number of aryl methyl sites for hydroxylation is 2. The normalized spacial score (nSPS) is 11.2. The van der Waals surface area contributed by atoms with Gasteiger partial charge in [0.05, 0.1) is 25.1 Å². The monoisotopic (exact) mass is 394 g/mol. The van der Waals surface area contributed by atoms with E-state index in [0.29, 0.717) is 36.1 Å². The fraction of sp³-hybridized carbons (Fsp3) is 0.318. The molecule has 0 spiro atoms. The van der Waals surface area contributed by atoms with E-state index in [1.807, 2.05) is 57.3 Å². The summed E-state index contributed by atoms with van der Waals surface area (Å²) in [5, 5.41) is 4.10. The van der Waals surface area contributed by atoms with Crippen molar-refractivity contribution in [3.8, 4) is 11.5 Å². The van der Waals surface area contributed by atoms with Crippen LogP contribution in [0.25, 0.3) is 5.65 Å². The zero-order valence-electron chi connectivity index (χ0n) is 17.2. The van der Waals surface area contributed by atoms with E-state index < -0.39 is 0 Å². The number of pyridine rings is 1. The quantitative estimate of drug-likeness (QED) is 0.464. The Bertz CT molecular complexity index is 1040. The Hall–Kier alpha value is -3.35. The third-order valence-electron chi connectivity index (χ3n) is 4.26. The van der Waals surface area contributed by atoms with Gasteiger partial charge in [0.25, 0.3) is 5.91 Å². The number of hydrogen-bond donors (Lipinski definition) is 1. The summed E-state index contributed by atoms with van der Waals surface area (Å²) in [5.41, 5.74) is 6.27. The topological polar surface area (TPSA) is 77.2 Å². The van der Waals surface area contributed by atoms with Gasteiger partial charge in [0.1, 0.15) is 11.3 Å². The summed E-state index contributed by atoms with van der Waals surface area (Å²) in [6.07, 6.45) is 4.38. The molecule has 29 heavy (non-hydrogen) atoms. The summed E-state index contributed by atoms with van der Waals surface area (Å²) in [6.45, 7) is 8.92. The van der Waals surface area contributed by atoms with Crippen LogP contribution in [0.2, 0.25) is 0 Å². The van der Waals surface area contributed by atoms with Crippen LogP contribution in [-0.4, -0.2) is 34.7 Å². The maximum atomic E-state index is 12.7. The molecular formula is C22H26N4O3. The lowest BCUT2D eigenvalue weighted by molar-refractivity contribution is 0.0948. The van der Waals surface area contributed by atoms with E-state index >= 15 is 0 Å². The lowest BCUT2D eigenvalue weighted by Crippen LogP contribution is -2.20. The molecule has 2 aromatic heterocycles. The molecule has 3 aromatic rings. The molecule has 1 aromatic carbocycles. The molecule has 7 nitrogen and oxygen atoms in total. The number of benzene rings is 1. The van der Waals surface area contributed by atoms with Crippen LogP contribution in [-0.2, 0) is 0 Å². The molecule has 0 aliphatic heterocycles. The highest BCUT2D eigenvalue weighted by molar-refractivity contribution is 5.95. The second kappa shape index (κ2) is 9.23. The fourth-order valence-corrected chi connectivity index (χ4v) is 2.97. The van der Waals surface area contributed by atoms with Gasteiger partial charge in [0.15, 0.2) is 11.5 Å². The van der Waals surface area contributed by atoms with E-state index in [1.165, 1.54) is 0 Å². The van der Waals surface area contributed by atoms with Gasteiger partial charge in [-0.15, -0.1) is 0 Å². The molecule has 0 aliphatic carbocycles.